The van der Waals surface area contributed by atoms with Crippen LogP contribution < -0.4 is 0 Å². The zero-order chi connectivity index (χ0) is 15.6. The highest BCUT2D eigenvalue weighted by molar-refractivity contribution is 7.88. The van der Waals surface area contributed by atoms with Crippen LogP contribution in [0.15, 0.2) is 18.2 Å². The smallest absolute Gasteiger partial charge is 0.211 e. The Balaban J connectivity index is 2.05. The van der Waals surface area contributed by atoms with Gasteiger partial charge < -0.3 is 0 Å². The molecule has 1 aliphatic rings. The molecule has 2 rings (SSSR count). The van der Waals surface area contributed by atoms with Gasteiger partial charge in [-0.2, -0.15) is 0 Å². The Hall–Kier alpha value is -1.20. The fourth-order valence-corrected chi connectivity index (χ4v) is 3.94. The second kappa shape index (κ2) is 6.28. The summed E-state index contributed by atoms with van der Waals surface area (Å²) in [6.45, 7) is 5.00. The molecular weight excluding hydrogens is 286 g/mol. The predicted molar refractivity (Wildman–Crippen MR) is 84.0 cm³/mol. The highest BCUT2D eigenvalue weighted by Crippen LogP contribution is 2.24. The zero-order valence-corrected chi connectivity index (χ0v) is 13.7. The summed E-state index contributed by atoms with van der Waals surface area (Å²) in [6, 6.07) is 5.84. The van der Waals surface area contributed by atoms with E-state index in [1.807, 2.05) is 32.0 Å². The Labute approximate surface area is 127 Å². The fourth-order valence-electron chi connectivity index (χ4n) is 2.99. The van der Waals surface area contributed by atoms with Gasteiger partial charge in [0.25, 0.3) is 0 Å². The quantitative estimate of drug-likeness (QED) is 0.803. The maximum atomic E-state index is 12.4. The van der Waals surface area contributed by atoms with Crippen molar-refractivity contribution in [1.82, 2.24) is 4.31 Å². The Morgan fingerprint density at radius 1 is 1.33 bits per heavy atom. The molecule has 116 valence electrons. The van der Waals surface area contributed by atoms with Gasteiger partial charge >= 0.3 is 0 Å². The van der Waals surface area contributed by atoms with E-state index >= 15 is 0 Å². The van der Waals surface area contributed by atoms with E-state index in [9.17, 15) is 13.2 Å². The molecule has 1 aromatic carbocycles. The third-order valence-electron chi connectivity index (χ3n) is 4.11. The van der Waals surface area contributed by atoms with Gasteiger partial charge in [0.05, 0.1) is 6.26 Å². The number of Topliss-reactive ketones (excluding diaryl/α,β-unsaturated/α-hetero) is 1. The van der Waals surface area contributed by atoms with Gasteiger partial charge in [0.2, 0.25) is 10.0 Å². The summed E-state index contributed by atoms with van der Waals surface area (Å²) >= 11 is 0. The molecule has 1 atom stereocenters. The SMILES string of the molecule is Cc1ccc(C(=O)CC2CCCN(S(C)(=O)=O)C2)c(C)c1. The monoisotopic (exact) mass is 309 g/mol. The highest BCUT2D eigenvalue weighted by Gasteiger charge is 2.27. The summed E-state index contributed by atoms with van der Waals surface area (Å²) in [5, 5.41) is 0. The van der Waals surface area contributed by atoms with E-state index in [1.54, 1.807) is 0 Å². The van der Waals surface area contributed by atoms with Crippen LogP contribution in [-0.2, 0) is 10.0 Å². The first kappa shape index (κ1) is 16.2. The maximum absolute atomic E-state index is 12.4. The lowest BCUT2D eigenvalue weighted by atomic mass is 9.90. The molecule has 0 spiro atoms. The first-order valence-electron chi connectivity index (χ1n) is 7.33. The lowest BCUT2D eigenvalue weighted by molar-refractivity contribution is 0.0942. The van der Waals surface area contributed by atoms with Crippen LogP contribution in [-0.4, -0.2) is 37.9 Å². The average molecular weight is 309 g/mol. The van der Waals surface area contributed by atoms with Gasteiger partial charge in [-0.15, -0.1) is 0 Å². The van der Waals surface area contributed by atoms with E-state index in [4.69, 9.17) is 0 Å². The van der Waals surface area contributed by atoms with Crippen LogP contribution in [0.25, 0.3) is 0 Å². The van der Waals surface area contributed by atoms with Crippen molar-refractivity contribution in [1.29, 1.82) is 0 Å². The van der Waals surface area contributed by atoms with E-state index in [-0.39, 0.29) is 11.7 Å². The molecule has 1 saturated heterocycles. The van der Waals surface area contributed by atoms with Crippen LogP contribution in [0.3, 0.4) is 0 Å². The van der Waals surface area contributed by atoms with Gasteiger partial charge in [-0.3, -0.25) is 4.79 Å². The second-order valence-corrected chi connectivity index (χ2v) is 8.06. The number of ketones is 1. The van der Waals surface area contributed by atoms with Crippen LogP contribution in [0.2, 0.25) is 0 Å². The zero-order valence-electron chi connectivity index (χ0n) is 12.9. The van der Waals surface area contributed by atoms with Crippen molar-refractivity contribution < 1.29 is 13.2 Å². The minimum Gasteiger partial charge on any atom is -0.294 e. The van der Waals surface area contributed by atoms with Crippen LogP contribution >= 0.6 is 0 Å². The maximum Gasteiger partial charge on any atom is 0.211 e. The average Bonchev–Trinajstić information content (AvgIpc) is 2.37. The van der Waals surface area contributed by atoms with Crippen molar-refractivity contribution in [2.75, 3.05) is 19.3 Å². The van der Waals surface area contributed by atoms with E-state index < -0.39 is 10.0 Å². The van der Waals surface area contributed by atoms with Crippen LogP contribution in [0.1, 0.15) is 40.7 Å². The molecule has 0 radical (unpaired) electrons. The molecule has 21 heavy (non-hydrogen) atoms. The number of aryl methyl sites for hydroxylation is 2. The van der Waals surface area contributed by atoms with Gasteiger partial charge in [-0.05, 0) is 38.2 Å². The van der Waals surface area contributed by atoms with Gasteiger partial charge in [0, 0.05) is 25.1 Å². The van der Waals surface area contributed by atoms with E-state index in [0.29, 0.717) is 19.5 Å². The Bertz CT molecular complexity index is 637. The van der Waals surface area contributed by atoms with Crippen LogP contribution in [0, 0.1) is 19.8 Å². The minimum absolute atomic E-state index is 0.118. The molecule has 1 aromatic rings. The second-order valence-electron chi connectivity index (χ2n) is 6.07. The number of nitrogens with zero attached hydrogens (tertiary/aromatic N) is 1. The molecule has 0 bridgehead atoms. The lowest BCUT2D eigenvalue weighted by Gasteiger charge is -2.30. The molecule has 4 nitrogen and oxygen atoms in total. The van der Waals surface area contributed by atoms with E-state index in [2.05, 4.69) is 0 Å². The first-order valence-corrected chi connectivity index (χ1v) is 9.18. The van der Waals surface area contributed by atoms with Crippen molar-refractivity contribution in [2.45, 2.75) is 33.1 Å². The van der Waals surface area contributed by atoms with Crippen molar-refractivity contribution >= 4 is 15.8 Å². The summed E-state index contributed by atoms with van der Waals surface area (Å²) in [6.07, 6.45) is 3.41. The summed E-state index contributed by atoms with van der Waals surface area (Å²) in [7, 11) is -3.15. The fraction of sp³-hybridized carbons (Fsp3) is 0.562. The standard InChI is InChI=1S/C16H23NO3S/c1-12-6-7-15(13(2)9-12)16(18)10-14-5-4-8-17(11-14)21(3,19)20/h6-7,9,14H,4-5,8,10-11H2,1-3H3. The molecule has 1 fully saturated rings. The Morgan fingerprint density at radius 3 is 2.67 bits per heavy atom. The summed E-state index contributed by atoms with van der Waals surface area (Å²) < 4.78 is 24.7. The molecule has 0 saturated carbocycles. The number of hydrogen-bond acceptors (Lipinski definition) is 3. The molecule has 0 N–H and O–H groups in total. The molecule has 1 aliphatic heterocycles. The van der Waals surface area contributed by atoms with Crippen LogP contribution in [0.4, 0.5) is 0 Å². The normalized spacial score (nSPS) is 20.4. The third kappa shape index (κ3) is 4.14. The molecular formula is C16H23NO3S. The Kier molecular flexibility index (Phi) is 4.84. The Morgan fingerprint density at radius 2 is 2.05 bits per heavy atom. The first-order chi connectivity index (χ1) is 9.77. The van der Waals surface area contributed by atoms with Gasteiger partial charge in [-0.1, -0.05) is 23.8 Å². The van der Waals surface area contributed by atoms with Gasteiger partial charge in [0.1, 0.15) is 0 Å². The number of carbonyl (C=O) groups excluding carboxylic acids is 1. The summed E-state index contributed by atoms with van der Waals surface area (Å²) in [5.41, 5.74) is 2.90. The molecule has 0 aromatic heterocycles. The molecule has 0 aliphatic carbocycles. The van der Waals surface area contributed by atoms with Crippen molar-refractivity contribution in [3.63, 3.8) is 0 Å². The number of piperidine rings is 1. The van der Waals surface area contributed by atoms with E-state index in [1.165, 1.54) is 10.6 Å². The van der Waals surface area contributed by atoms with Crippen molar-refractivity contribution in [2.24, 2.45) is 5.92 Å². The van der Waals surface area contributed by atoms with Gasteiger partial charge in [0.15, 0.2) is 5.78 Å². The number of hydrogen-bond donors (Lipinski definition) is 0. The predicted octanol–water partition coefficient (Wildman–Crippen LogP) is 2.55. The molecule has 1 unspecified atom stereocenters. The number of benzene rings is 1. The summed E-state index contributed by atoms with van der Waals surface area (Å²) in [5.74, 6) is 0.245. The van der Waals surface area contributed by atoms with E-state index in [0.717, 1.165) is 29.5 Å². The molecule has 0 amide bonds. The lowest BCUT2D eigenvalue weighted by Crippen LogP contribution is -2.39. The van der Waals surface area contributed by atoms with Crippen LogP contribution in [0.5, 0.6) is 0 Å². The highest BCUT2D eigenvalue weighted by atomic mass is 32.2. The third-order valence-corrected chi connectivity index (χ3v) is 5.38. The number of rotatable bonds is 4. The topological polar surface area (TPSA) is 54.5 Å². The molecule has 5 heteroatoms. The number of sulfonamides is 1. The minimum atomic E-state index is -3.15. The largest absolute Gasteiger partial charge is 0.294 e. The number of carbonyl (C=O) groups is 1. The summed E-state index contributed by atoms with van der Waals surface area (Å²) in [4.78, 5) is 12.4. The van der Waals surface area contributed by atoms with Crippen molar-refractivity contribution in [3.8, 4) is 0 Å². The van der Waals surface area contributed by atoms with Gasteiger partial charge in [-0.25, -0.2) is 12.7 Å². The molecule has 1 heterocycles. The van der Waals surface area contributed by atoms with Crippen molar-refractivity contribution in [3.05, 3.63) is 34.9 Å².